The Morgan fingerprint density at radius 1 is 0.909 bits per heavy atom. The van der Waals surface area contributed by atoms with Crippen LogP contribution in [0.3, 0.4) is 0 Å². The summed E-state index contributed by atoms with van der Waals surface area (Å²) in [4.78, 5) is 25.3. The quantitative estimate of drug-likeness (QED) is 0.525. The first kappa shape index (κ1) is 23.9. The van der Waals surface area contributed by atoms with E-state index in [2.05, 4.69) is 10.6 Å². The molecule has 0 radical (unpaired) electrons. The van der Waals surface area contributed by atoms with Crippen LogP contribution < -0.4 is 10.6 Å². The van der Waals surface area contributed by atoms with Gasteiger partial charge in [-0.1, -0.05) is 54.6 Å². The lowest BCUT2D eigenvalue weighted by molar-refractivity contribution is -0.116. The summed E-state index contributed by atoms with van der Waals surface area (Å²) in [5, 5.41) is 6.49. The predicted molar refractivity (Wildman–Crippen MR) is 131 cm³/mol. The van der Waals surface area contributed by atoms with Gasteiger partial charge in [0.2, 0.25) is 15.9 Å². The minimum absolute atomic E-state index is 0.266. The Balaban J connectivity index is 1.66. The molecule has 0 aliphatic rings. The summed E-state index contributed by atoms with van der Waals surface area (Å²) >= 11 is 0. The van der Waals surface area contributed by atoms with Crippen LogP contribution in [0.25, 0.3) is 6.08 Å². The number of rotatable bonds is 8. The van der Waals surface area contributed by atoms with Crippen LogP contribution in [0, 0.1) is 6.92 Å². The molecule has 0 saturated heterocycles. The Kier molecular flexibility index (Phi) is 7.76. The molecule has 0 aromatic heterocycles. The molecule has 0 aliphatic heterocycles. The number of carbonyl (C=O) groups is 2. The third-order valence-electron chi connectivity index (χ3n) is 4.75. The number of carbonyl (C=O) groups excluding carboxylic acids is 2. The SMILES string of the molecule is Cc1cccc(NC(=O)c2ccccc2NC(=O)CN(C)S(=O)(=O)C=Cc2ccccc2)c1. The van der Waals surface area contributed by atoms with Crippen LogP contribution in [0.1, 0.15) is 21.5 Å². The van der Waals surface area contributed by atoms with Crippen molar-refractivity contribution in [1.82, 2.24) is 4.31 Å². The van der Waals surface area contributed by atoms with E-state index < -0.39 is 22.5 Å². The Morgan fingerprint density at radius 3 is 2.33 bits per heavy atom. The van der Waals surface area contributed by atoms with Crippen molar-refractivity contribution in [1.29, 1.82) is 0 Å². The lowest BCUT2D eigenvalue weighted by atomic mass is 10.1. The highest BCUT2D eigenvalue weighted by molar-refractivity contribution is 7.92. The second kappa shape index (κ2) is 10.7. The van der Waals surface area contributed by atoms with Gasteiger partial charge in [0.25, 0.3) is 5.91 Å². The Bertz CT molecular complexity index is 1270. The van der Waals surface area contributed by atoms with Crippen LogP contribution in [0.5, 0.6) is 0 Å². The third kappa shape index (κ3) is 6.86. The van der Waals surface area contributed by atoms with E-state index in [1.165, 1.54) is 13.1 Å². The molecule has 0 bridgehead atoms. The van der Waals surface area contributed by atoms with Gasteiger partial charge in [-0.3, -0.25) is 9.59 Å². The molecule has 2 amide bonds. The van der Waals surface area contributed by atoms with Gasteiger partial charge in [-0.15, -0.1) is 0 Å². The summed E-state index contributed by atoms with van der Waals surface area (Å²) in [5.74, 6) is -0.951. The molecule has 0 saturated carbocycles. The summed E-state index contributed by atoms with van der Waals surface area (Å²) in [5.41, 5.74) is 2.92. The highest BCUT2D eigenvalue weighted by Crippen LogP contribution is 2.18. The number of anilines is 2. The topological polar surface area (TPSA) is 95.6 Å². The molecule has 3 aromatic carbocycles. The number of sulfonamides is 1. The van der Waals surface area contributed by atoms with E-state index in [1.807, 2.05) is 31.2 Å². The van der Waals surface area contributed by atoms with Crippen molar-refractivity contribution in [3.63, 3.8) is 0 Å². The average Bonchev–Trinajstić information content (AvgIpc) is 2.78. The van der Waals surface area contributed by atoms with Gasteiger partial charge in [-0.05, 0) is 48.4 Å². The smallest absolute Gasteiger partial charge is 0.257 e. The normalized spacial score (nSPS) is 11.5. The second-order valence-electron chi connectivity index (χ2n) is 7.43. The van der Waals surface area contributed by atoms with Crippen LogP contribution in [0.4, 0.5) is 11.4 Å². The van der Waals surface area contributed by atoms with Gasteiger partial charge in [0, 0.05) is 18.1 Å². The number of para-hydroxylation sites is 1. The molecular weight excluding hydrogens is 438 g/mol. The van der Waals surface area contributed by atoms with E-state index in [-0.39, 0.29) is 11.5 Å². The summed E-state index contributed by atoms with van der Waals surface area (Å²) in [7, 11) is -2.48. The molecule has 2 N–H and O–H groups in total. The summed E-state index contributed by atoms with van der Waals surface area (Å²) in [6, 6.07) is 22.9. The van der Waals surface area contributed by atoms with Gasteiger partial charge in [-0.25, -0.2) is 8.42 Å². The average molecular weight is 464 g/mol. The number of hydrogen-bond donors (Lipinski definition) is 2. The molecule has 0 aliphatic carbocycles. The van der Waals surface area contributed by atoms with Crippen molar-refractivity contribution < 1.29 is 18.0 Å². The standard InChI is InChI=1S/C25H25N3O4S/c1-19-9-8-12-21(17-19)26-25(30)22-13-6-7-14-23(22)27-24(29)18-28(2)33(31,32)16-15-20-10-4-3-5-11-20/h3-17H,18H2,1-2H3,(H,26,30)(H,27,29). The van der Waals surface area contributed by atoms with E-state index in [9.17, 15) is 18.0 Å². The van der Waals surface area contributed by atoms with Crippen LogP contribution in [-0.4, -0.2) is 38.1 Å². The number of nitrogens with one attached hydrogen (secondary N) is 2. The third-order valence-corrected chi connectivity index (χ3v) is 6.23. The molecule has 0 heterocycles. The van der Waals surface area contributed by atoms with Crippen LogP contribution >= 0.6 is 0 Å². The van der Waals surface area contributed by atoms with Crippen molar-refractivity contribution in [3.8, 4) is 0 Å². The van der Waals surface area contributed by atoms with E-state index >= 15 is 0 Å². The van der Waals surface area contributed by atoms with E-state index in [0.29, 0.717) is 11.4 Å². The number of benzene rings is 3. The highest BCUT2D eigenvalue weighted by Gasteiger charge is 2.19. The minimum Gasteiger partial charge on any atom is -0.324 e. The zero-order valence-electron chi connectivity index (χ0n) is 18.4. The molecule has 0 atom stereocenters. The van der Waals surface area contributed by atoms with Crippen LogP contribution in [0.15, 0.2) is 84.3 Å². The fourth-order valence-corrected chi connectivity index (χ4v) is 3.86. The zero-order chi connectivity index (χ0) is 23.8. The number of amides is 2. The summed E-state index contributed by atoms with van der Waals surface area (Å²) in [6.45, 7) is 1.51. The number of hydrogen-bond acceptors (Lipinski definition) is 4. The van der Waals surface area contributed by atoms with Gasteiger partial charge in [0.05, 0.1) is 17.8 Å². The van der Waals surface area contributed by atoms with Crippen molar-refractivity contribution in [3.05, 3.63) is 101 Å². The van der Waals surface area contributed by atoms with Crippen molar-refractivity contribution in [2.24, 2.45) is 0 Å². The molecule has 0 fully saturated rings. The lowest BCUT2D eigenvalue weighted by Gasteiger charge is -2.16. The van der Waals surface area contributed by atoms with Gasteiger partial charge in [0.1, 0.15) is 0 Å². The molecular formula is C25H25N3O4S. The predicted octanol–water partition coefficient (Wildman–Crippen LogP) is 4.12. The Hall–Kier alpha value is -3.75. The first-order valence-electron chi connectivity index (χ1n) is 10.2. The maximum Gasteiger partial charge on any atom is 0.257 e. The number of nitrogens with zero attached hydrogens (tertiary/aromatic N) is 1. The van der Waals surface area contributed by atoms with Gasteiger partial charge < -0.3 is 10.6 Å². The van der Waals surface area contributed by atoms with Crippen molar-refractivity contribution in [2.45, 2.75) is 6.92 Å². The number of likely N-dealkylation sites (N-methyl/N-ethyl adjacent to an activating group) is 1. The van der Waals surface area contributed by atoms with Gasteiger partial charge in [0.15, 0.2) is 0 Å². The molecule has 3 aromatic rings. The first-order valence-corrected chi connectivity index (χ1v) is 11.7. The van der Waals surface area contributed by atoms with E-state index in [0.717, 1.165) is 20.8 Å². The maximum atomic E-state index is 12.8. The van der Waals surface area contributed by atoms with E-state index in [1.54, 1.807) is 54.6 Å². The Morgan fingerprint density at radius 2 is 1.61 bits per heavy atom. The van der Waals surface area contributed by atoms with Crippen LogP contribution in [-0.2, 0) is 14.8 Å². The second-order valence-corrected chi connectivity index (χ2v) is 9.36. The fourth-order valence-electron chi connectivity index (χ4n) is 3.03. The largest absolute Gasteiger partial charge is 0.324 e. The maximum absolute atomic E-state index is 12.8. The highest BCUT2D eigenvalue weighted by atomic mass is 32.2. The van der Waals surface area contributed by atoms with Gasteiger partial charge in [-0.2, -0.15) is 4.31 Å². The van der Waals surface area contributed by atoms with Crippen LogP contribution in [0.2, 0.25) is 0 Å². The lowest BCUT2D eigenvalue weighted by Crippen LogP contribution is -2.34. The molecule has 7 nitrogen and oxygen atoms in total. The molecule has 170 valence electrons. The minimum atomic E-state index is -3.80. The summed E-state index contributed by atoms with van der Waals surface area (Å²) in [6.07, 6.45) is 1.47. The fraction of sp³-hybridized carbons (Fsp3) is 0.120. The van der Waals surface area contributed by atoms with Crippen molar-refractivity contribution in [2.75, 3.05) is 24.2 Å². The molecule has 0 spiro atoms. The number of aryl methyl sites for hydroxylation is 1. The molecule has 0 unspecified atom stereocenters. The molecule has 33 heavy (non-hydrogen) atoms. The monoisotopic (exact) mass is 463 g/mol. The summed E-state index contributed by atoms with van der Waals surface area (Å²) < 4.78 is 25.9. The van der Waals surface area contributed by atoms with E-state index in [4.69, 9.17) is 0 Å². The van der Waals surface area contributed by atoms with Gasteiger partial charge >= 0.3 is 0 Å². The zero-order valence-corrected chi connectivity index (χ0v) is 19.2. The molecule has 3 rings (SSSR count). The van der Waals surface area contributed by atoms with Crippen molar-refractivity contribution >= 4 is 39.3 Å². The molecule has 8 heteroatoms. The Labute approximate surface area is 193 Å². The first-order chi connectivity index (χ1) is 15.7.